The number of rotatable bonds is 7. The average molecular weight is 388 g/mol. The highest BCUT2D eigenvalue weighted by Crippen LogP contribution is 2.24. The van der Waals surface area contributed by atoms with E-state index in [1.165, 1.54) is 11.8 Å². The van der Waals surface area contributed by atoms with Gasteiger partial charge in [-0.05, 0) is 30.7 Å². The molecule has 134 valence electrons. The van der Waals surface area contributed by atoms with Gasteiger partial charge < -0.3 is 9.88 Å². The van der Waals surface area contributed by atoms with Gasteiger partial charge in [-0.15, -0.1) is 10.2 Å². The van der Waals surface area contributed by atoms with E-state index in [0.29, 0.717) is 21.7 Å². The van der Waals surface area contributed by atoms with Gasteiger partial charge in [0.2, 0.25) is 5.91 Å². The van der Waals surface area contributed by atoms with E-state index in [0.717, 1.165) is 18.7 Å². The molecule has 0 aliphatic rings. The molecule has 0 radical (unpaired) electrons. The summed E-state index contributed by atoms with van der Waals surface area (Å²) in [7, 11) is 0. The normalized spacial score (nSPS) is 10.7. The summed E-state index contributed by atoms with van der Waals surface area (Å²) in [4.78, 5) is 16.6. The Hall–Kier alpha value is -2.38. The first-order valence-corrected chi connectivity index (χ1v) is 9.57. The third-order valence-electron chi connectivity index (χ3n) is 3.54. The molecule has 8 heteroatoms. The van der Waals surface area contributed by atoms with Crippen LogP contribution in [0, 0.1) is 0 Å². The minimum Gasteiger partial charge on any atom is -0.324 e. The predicted octanol–water partition coefficient (Wildman–Crippen LogP) is 4.13. The number of halogens is 1. The molecule has 2 aromatic heterocycles. The van der Waals surface area contributed by atoms with Gasteiger partial charge in [-0.2, -0.15) is 0 Å². The first kappa shape index (κ1) is 18.4. The van der Waals surface area contributed by atoms with Gasteiger partial charge >= 0.3 is 0 Å². The average Bonchev–Trinajstić information content (AvgIpc) is 3.06. The molecule has 0 spiro atoms. The van der Waals surface area contributed by atoms with Crippen LogP contribution in [0.5, 0.6) is 0 Å². The highest BCUT2D eigenvalue weighted by molar-refractivity contribution is 7.99. The molecule has 2 heterocycles. The minimum atomic E-state index is -0.145. The lowest BCUT2D eigenvalue weighted by atomic mass is 10.3. The van der Waals surface area contributed by atoms with Gasteiger partial charge in [-0.1, -0.05) is 48.5 Å². The fourth-order valence-electron chi connectivity index (χ4n) is 2.38. The summed E-state index contributed by atoms with van der Waals surface area (Å²) in [6, 6.07) is 12.8. The van der Waals surface area contributed by atoms with Crippen molar-refractivity contribution >= 4 is 35.0 Å². The molecule has 0 aliphatic heterocycles. The van der Waals surface area contributed by atoms with Crippen molar-refractivity contribution in [2.45, 2.75) is 25.0 Å². The van der Waals surface area contributed by atoms with Crippen molar-refractivity contribution in [3.05, 3.63) is 53.7 Å². The third kappa shape index (κ3) is 4.42. The van der Waals surface area contributed by atoms with Crippen molar-refractivity contribution in [2.75, 3.05) is 11.1 Å². The summed E-state index contributed by atoms with van der Waals surface area (Å²) in [5.41, 5.74) is 1.37. The second kappa shape index (κ2) is 8.82. The number of para-hydroxylation sites is 1. The number of nitrogens with zero attached hydrogens (tertiary/aromatic N) is 4. The van der Waals surface area contributed by atoms with Crippen molar-refractivity contribution in [2.24, 2.45) is 0 Å². The largest absolute Gasteiger partial charge is 0.324 e. The number of amides is 1. The number of carbonyl (C=O) groups is 1. The van der Waals surface area contributed by atoms with Crippen LogP contribution in [0.4, 0.5) is 5.69 Å². The van der Waals surface area contributed by atoms with Gasteiger partial charge in [0.15, 0.2) is 11.0 Å². The molecule has 3 aromatic rings. The van der Waals surface area contributed by atoms with E-state index in [9.17, 15) is 4.79 Å². The molecule has 1 N–H and O–H groups in total. The van der Waals surface area contributed by atoms with Gasteiger partial charge in [0, 0.05) is 12.7 Å². The van der Waals surface area contributed by atoms with Gasteiger partial charge in [-0.25, -0.2) is 0 Å². The molecular formula is C18H18ClN5OS. The van der Waals surface area contributed by atoms with Crippen LogP contribution in [0.1, 0.15) is 13.3 Å². The summed E-state index contributed by atoms with van der Waals surface area (Å²) in [6.45, 7) is 2.84. The second-order valence-electron chi connectivity index (χ2n) is 5.49. The standard InChI is InChI=1S/C18H18ClN5OS/c1-2-11-24-17(15-9-5-6-10-20-15)22-23-18(24)26-12-16(25)21-14-8-4-3-7-13(14)19/h3-10H,2,11-12H2,1H3,(H,21,25). The summed E-state index contributed by atoms with van der Waals surface area (Å²) in [6.07, 6.45) is 2.65. The van der Waals surface area contributed by atoms with E-state index in [4.69, 9.17) is 11.6 Å². The zero-order valence-electron chi connectivity index (χ0n) is 14.2. The maximum Gasteiger partial charge on any atom is 0.234 e. The van der Waals surface area contributed by atoms with Crippen LogP contribution < -0.4 is 5.32 Å². The lowest BCUT2D eigenvalue weighted by molar-refractivity contribution is -0.113. The maximum absolute atomic E-state index is 12.2. The third-order valence-corrected chi connectivity index (χ3v) is 4.83. The lowest BCUT2D eigenvalue weighted by Crippen LogP contribution is -2.15. The van der Waals surface area contributed by atoms with E-state index in [1.54, 1.807) is 18.3 Å². The molecule has 0 unspecified atom stereocenters. The van der Waals surface area contributed by atoms with Gasteiger partial charge in [-0.3, -0.25) is 9.78 Å². The Morgan fingerprint density at radius 3 is 2.73 bits per heavy atom. The first-order chi connectivity index (χ1) is 12.7. The van der Waals surface area contributed by atoms with Crippen LogP contribution in [-0.2, 0) is 11.3 Å². The predicted molar refractivity (Wildman–Crippen MR) is 104 cm³/mol. The Balaban J connectivity index is 1.71. The highest BCUT2D eigenvalue weighted by Gasteiger charge is 2.16. The number of aromatic nitrogens is 4. The molecule has 0 saturated heterocycles. The maximum atomic E-state index is 12.2. The molecule has 1 aromatic carbocycles. The molecular weight excluding hydrogens is 370 g/mol. The molecule has 6 nitrogen and oxygen atoms in total. The molecule has 3 rings (SSSR count). The van der Waals surface area contributed by atoms with Crippen LogP contribution >= 0.6 is 23.4 Å². The number of nitrogens with one attached hydrogen (secondary N) is 1. The van der Waals surface area contributed by atoms with Crippen LogP contribution in [0.3, 0.4) is 0 Å². The molecule has 0 atom stereocenters. The summed E-state index contributed by atoms with van der Waals surface area (Å²) in [5.74, 6) is 0.782. The number of hydrogen-bond acceptors (Lipinski definition) is 5. The van der Waals surface area contributed by atoms with Crippen molar-refractivity contribution in [1.82, 2.24) is 19.7 Å². The lowest BCUT2D eigenvalue weighted by Gasteiger charge is -2.09. The fourth-order valence-corrected chi connectivity index (χ4v) is 3.33. The first-order valence-electron chi connectivity index (χ1n) is 8.21. The number of anilines is 1. The molecule has 0 fully saturated rings. The zero-order chi connectivity index (χ0) is 18.4. The van der Waals surface area contributed by atoms with Crippen molar-refractivity contribution < 1.29 is 4.79 Å². The summed E-state index contributed by atoms with van der Waals surface area (Å²) >= 11 is 7.41. The quantitative estimate of drug-likeness (QED) is 0.617. The van der Waals surface area contributed by atoms with E-state index < -0.39 is 0 Å². The topological polar surface area (TPSA) is 72.7 Å². The van der Waals surface area contributed by atoms with Crippen molar-refractivity contribution in [3.63, 3.8) is 0 Å². The van der Waals surface area contributed by atoms with E-state index in [1.807, 2.05) is 34.9 Å². The van der Waals surface area contributed by atoms with E-state index in [2.05, 4.69) is 27.4 Å². The Morgan fingerprint density at radius 1 is 1.19 bits per heavy atom. The molecule has 0 bridgehead atoms. The Morgan fingerprint density at radius 2 is 2.00 bits per heavy atom. The molecule has 1 amide bonds. The molecule has 0 aliphatic carbocycles. The SMILES string of the molecule is CCCn1c(SCC(=O)Nc2ccccc2Cl)nnc1-c1ccccn1. The van der Waals surface area contributed by atoms with Crippen LogP contribution in [-0.4, -0.2) is 31.4 Å². The monoisotopic (exact) mass is 387 g/mol. The van der Waals surface area contributed by atoms with Crippen LogP contribution in [0.2, 0.25) is 5.02 Å². The number of pyridine rings is 1. The summed E-state index contributed by atoms with van der Waals surface area (Å²) < 4.78 is 2.00. The highest BCUT2D eigenvalue weighted by atomic mass is 35.5. The van der Waals surface area contributed by atoms with E-state index in [-0.39, 0.29) is 11.7 Å². The Labute approximate surface area is 161 Å². The van der Waals surface area contributed by atoms with Gasteiger partial charge in [0.1, 0.15) is 5.69 Å². The minimum absolute atomic E-state index is 0.145. The van der Waals surface area contributed by atoms with Gasteiger partial charge in [0.25, 0.3) is 0 Å². The Kier molecular flexibility index (Phi) is 6.25. The number of thioether (sulfide) groups is 1. The molecule has 0 saturated carbocycles. The fraction of sp³-hybridized carbons (Fsp3) is 0.222. The van der Waals surface area contributed by atoms with E-state index >= 15 is 0 Å². The number of benzene rings is 1. The van der Waals surface area contributed by atoms with Crippen LogP contribution in [0.25, 0.3) is 11.5 Å². The second-order valence-corrected chi connectivity index (χ2v) is 6.84. The molecule has 26 heavy (non-hydrogen) atoms. The van der Waals surface area contributed by atoms with Gasteiger partial charge in [0.05, 0.1) is 16.5 Å². The number of hydrogen-bond donors (Lipinski definition) is 1. The van der Waals surface area contributed by atoms with Crippen molar-refractivity contribution in [3.8, 4) is 11.5 Å². The van der Waals surface area contributed by atoms with Crippen LogP contribution in [0.15, 0.2) is 53.8 Å². The van der Waals surface area contributed by atoms with Crippen molar-refractivity contribution in [1.29, 1.82) is 0 Å². The Bertz CT molecular complexity index is 884. The summed E-state index contributed by atoms with van der Waals surface area (Å²) in [5, 5.41) is 12.5. The zero-order valence-corrected chi connectivity index (χ0v) is 15.8. The smallest absolute Gasteiger partial charge is 0.234 e. The number of carbonyl (C=O) groups excluding carboxylic acids is 1.